The lowest BCUT2D eigenvalue weighted by atomic mass is 9.87. The van der Waals surface area contributed by atoms with Gasteiger partial charge < -0.3 is 11.1 Å². The molecule has 2 aliphatic rings. The Morgan fingerprint density at radius 1 is 1.00 bits per heavy atom. The molecule has 17 heavy (non-hydrogen) atoms. The molecule has 0 spiro atoms. The highest BCUT2D eigenvalue weighted by atomic mass is 15.0. The van der Waals surface area contributed by atoms with E-state index in [1.165, 1.54) is 67.3 Å². The SMILES string of the molecule is C=C(N)Nc1c2c(cc3c1CCC3)CCCC2. The molecule has 0 unspecified atom stereocenters. The van der Waals surface area contributed by atoms with Crippen LogP contribution in [0.3, 0.4) is 0 Å². The summed E-state index contributed by atoms with van der Waals surface area (Å²) >= 11 is 0. The van der Waals surface area contributed by atoms with Gasteiger partial charge in [0.2, 0.25) is 0 Å². The summed E-state index contributed by atoms with van der Waals surface area (Å²) in [7, 11) is 0. The van der Waals surface area contributed by atoms with Gasteiger partial charge in [0.05, 0.1) is 5.82 Å². The molecule has 0 bridgehead atoms. The van der Waals surface area contributed by atoms with E-state index in [4.69, 9.17) is 5.73 Å². The zero-order chi connectivity index (χ0) is 11.8. The molecule has 1 aromatic carbocycles. The Morgan fingerprint density at radius 3 is 2.29 bits per heavy atom. The number of hydrogen-bond acceptors (Lipinski definition) is 2. The van der Waals surface area contributed by atoms with Crippen LogP contribution in [0.5, 0.6) is 0 Å². The molecule has 0 aromatic heterocycles. The van der Waals surface area contributed by atoms with Crippen LogP contribution in [0.25, 0.3) is 0 Å². The molecule has 1 aromatic rings. The van der Waals surface area contributed by atoms with Crippen molar-refractivity contribution in [2.24, 2.45) is 5.73 Å². The van der Waals surface area contributed by atoms with Gasteiger partial charge in [-0.15, -0.1) is 0 Å². The average molecular weight is 228 g/mol. The lowest BCUT2D eigenvalue weighted by molar-refractivity contribution is 0.685. The first kappa shape index (κ1) is 10.7. The molecule has 2 heteroatoms. The Labute approximate surface area is 103 Å². The van der Waals surface area contributed by atoms with E-state index in [-0.39, 0.29) is 0 Å². The maximum absolute atomic E-state index is 5.75. The zero-order valence-electron chi connectivity index (χ0n) is 10.3. The van der Waals surface area contributed by atoms with Crippen LogP contribution in [0.15, 0.2) is 18.5 Å². The molecule has 0 saturated carbocycles. The first-order valence-corrected chi connectivity index (χ1v) is 6.63. The maximum atomic E-state index is 5.75. The van der Waals surface area contributed by atoms with Crippen molar-refractivity contribution < 1.29 is 0 Å². The highest BCUT2D eigenvalue weighted by Gasteiger charge is 2.22. The number of nitrogens with one attached hydrogen (secondary N) is 1. The van der Waals surface area contributed by atoms with Crippen LogP contribution in [-0.2, 0) is 25.7 Å². The topological polar surface area (TPSA) is 38.0 Å². The number of anilines is 1. The standard InChI is InChI=1S/C15H20N2/c1-10(16)17-15-13-7-3-2-5-11(13)9-12-6-4-8-14(12)15/h9,17H,1-8,16H2. The molecule has 0 atom stereocenters. The Hall–Kier alpha value is -1.44. The van der Waals surface area contributed by atoms with Crippen molar-refractivity contribution in [3.63, 3.8) is 0 Å². The second kappa shape index (κ2) is 4.10. The van der Waals surface area contributed by atoms with Crippen molar-refractivity contribution in [1.29, 1.82) is 0 Å². The van der Waals surface area contributed by atoms with E-state index in [2.05, 4.69) is 18.0 Å². The van der Waals surface area contributed by atoms with Crippen LogP contribution < -0.4 is 11.1 Å². The lowest BCUT2D eigenvalue weighted by Crippen LogP contribution is -2.14. The van der Waals surface area contributed by atoms with Crippen LogP contribution in [0.2, 0.25) is 0 Å². The number of benzene rings is 1. The Morgan fingerprint density at radius 2 is 1.59 bits per heavy atom. The normalized spacial score (nSPS) is 17.4. The smallest absolute Gasteiger partial charge is 0.0930 e. The molecule has 0 amide bonds. The van der Waals surface area contributed by atoms with Gasteiger partial charge in [-0.2, -0.15) is 0 Å². The van der Waals surface area contributed by atoms with E-state index < -0.39 is 0 Å². The third kappa shape index (κ3) is 1.82. The van der Waals surface area contributed by atoms with Crippen LogP contribution in [0.4, 0.5) is 5.69 Å². The second-order valence-corrected chi connectivity index (χ2v) is 5.24. The van der Waals surface area contributed by atoms with Crippen LogP contribution in [0, 0.1) is 0 Å². The highest BCUT2D eigenvalue weighted by Crippen LogP contribution is 2.38. The average Bonchev–Trinajstić information content (AvgIpc) is 2.76. The fraction of sp³-hybridized carbons (Fsp3) is 0.467. The van der Waals surface area contributed by atoms with Gasteiger partial charge in [-0.1, -0.05) is 12.6 Å². The first-order valence-electron chi connectivity index (χ1n) is 6.63. The van der Waals surface area contributed by atoms with Crippen LogP contribution in [-0.4, -0.2) is 0 Å². The van der Waals surface area contributed by atoms with E-state index >= 15 is 0 Å². The summed E-state index contributed by atoms with van der Waals surface area (Å²) in [6.45, 7) is 3.79. The molecule has 2 nitrogen and oxygen atoms in total. The minimum Gasteiger partial charge on any atom is -0.386 e. The maximum Gasteiger partial charge on any atom is 0.0930 e. The quantitative estimate of drug-likeness (QED) is 0.817. The van der Waals surface area contributed by atoms with E-state index in [1.54, 1.807) is 5.56 Å². The number of nitrogens with two attached hydrogens (primary N) is 1. The first-order chi connectivity index (χ1) is 8.25. The highest BCUT2D eigenvalue weighted by molar-refractivity contribution is 5.67. The van der Waals surface area contributed by atoms with Gasteiger partial charge in [0.1, 0.15) is 0 Å². The largest absolute Gasteiger partial charge is 0.386 e. The van der Waals surface area contributed by atoms with Crippen molar-refractivity contribution in [2.45, 2.75) is 44.9 Å². The Bertz CT molecular complexity index is 474. The van der Waals surface area contributed by atoms with Crippen molar-refractivity contribution in [3.8, 4) is 0 Å². The second-order valence-electron chi connectivity index (χ2n) is 5.24. The van der Waals surface area contributed by atoms with E-state index in [9.17, 15) is 0 Å². The molecular weight excluding hydrogens is 208 g/mol. The van der Waals surface area contributed by atoms with Gasteiger partial charge in [-0.3, -0.25) is 0 Å². The summed E-state index contributed by atoms with van der Waals surface area (Å²) in [6.07, 6.45) is 8.76. The Kier molecular flexibility index (Phi) is 2.58. The van der Waals surface area contributed by atoms with Gasteiger partial charge >= 0.3 is 0 Å². The predicted octanol–water partition coefficient (Wildman–Crippen LogP) is 2.90. The fourth-order valence-electron chi connectivity index (χ4n) is 3.29. The van der Waals surface area contributed by atoms with Crippen LogP contribution >= 0.6 is 0 Å². The fourth-order valence-corrected chi connectivity index (χ4v) is 3.29. The van der Waals surface area contributed by atoms with Crippen molar-refractivity contribution >= 4 is 5.69 Å². The summed E-state index contributed by atoms with van der Waals surface area (Å²) in [5, 5.41) is 3.32. The van der Waals surface area contributed by atoms with E-state index in [1.807, 2.05) is 0 Å². The lowest BCUT2D eigenvalue weighted by Gasteiger charge is -2.23. The minimum absolute atomic E-state index is 0.568. The van der Waals surface area contributed by atoms with Gasteiger partial charge in [-0.05, 0) is 67.2 Å². The molecule has 0 radical (unpaired) electrons. The third-order valence-electron chi connectivity index (χ3n) is 4.01. The third-order valence-corrected chi connectivity index (χ3v) is 4.01. The van der Waals surface area contributed by atoms with E-state index in [0.717, 1.165) is 0 Å². The molecule has 90 valence electrons. The minimum atomic E-state index is 0.568. The number of fused-ring (bicyclic) bond motifs is 2. The van der Waals surface area contributed by atoms with Gasteiger partial charge in [-0.25, -0.2) is 0 Å². The van der Waals surface area contributed by atoms with Crippen molar-refractivity contribution in [3.05, 3.63) is 40.7 Å². The predicted molar refractivity (Wildman–Crippen MR) is 72.1 cm³/mol. The summed E-state index contributed by atoms with van der Waals surface area (Å²) in [6, 6.07) is 2.45. The molecule has 0 fully saturated rings. The molecular formula is C15H20N2. The summed E-state index contributed by atoms with van der Waals surface area (Å²) in [5.41, 5.74) is 13.1. The molecule has 0 aliphatic heterocycles. The van der Waals surface area contributed by atoms with Gasteiger partial charge in [0, 0.05) is 5.69 Å². The van der Waals surface area contributed by atoms with E-state index in [0.29, 0.717) is 5.82 Å². The number of rotatable bonds is 2. The summed E-state index contributed by atoms with van der Waals surface area (Å²) in [5.74, 6) is 0.568. The summed E-state index contributed by atoms with van der Waals surface area (Å²) < 4.78 is 0. The zero-order valence-corrected chi connectivity index (χ0v) is 10.3. The Balaban J connectivity index is 2.14. The van der Waals surface area contributed by atoms with Gasteiger partial charge in [0.25, 0.3) is 0 Å². The monoisotopic (exact) mass is 228 g/mol. The number of aryl methyl sites for hydroxylation is 2. The van der Waals surface area contributed by atoms with Crippen LogP contribution in [0.1, 0.15) is 41.5 Å². The molecule has 3 rings (SSSR count). The van der Waals surface area contributed by atoms with Gasteiger partial charge in [0.15, 0.2) is 0 Å². The number of hydrogen-bond donors (Lipinski definition) is 2. The summed E-state index contributed by atoms with van der Waals surface area (Å²) in [4.78, 5) is 0. The van der Waals surface area contributed by atoms with Crippen molar-refractivity contribution in [1.82, 2.24) is 0 Å². The molecule has 0 saturated heterocycles. The van der Waals surface area contributed by atoms with Crippen molar-refractivity contribution in [2.75, 3.05) is 5.32 Å². The molecule has 0 heterocycles. The molecule has 3 N–H and O–H groups in total. The molecule has 2 aliphatic carbocycles.